The van der Waals surface area contributed by atoms with Crippen LogP contribution in [-0.4, -0.2) is 43.9 Å². The fourth-order valence-electron chi connectivity index (χ4n) is 2.45. The Morgan fingerprint density at radius 1 is 1.37 bits per heavy atom. The van der Waals surface area contributed by atoms with E-state index >= 15 is 0 Å². The maximum absolute atomic E-state index is 13.9. The van der Waals surface area contributed by atoms with Gasteiger partial charge in [-0.3, -0.25) is 4.79 Å². The van der Waals surface area contributed by atoms with Gasteiger partial charge < -0.3 is 9.80 Å². The molecule has 1 rings (SSSR count). The third-order valence-corrected chi connectivity index (χ3v) is 3.16. The summed E-state index contributed by atoms with van der Waals surface area (Å²) < 4.78 is 13.9. The minimum Gasteiger partial charge on any atom is -0.367 e. The molecule has 0 saturated carbocycles. The van der Waals surface area contributed by atoms with Crippen molar-refractivity contribution in [1.29, 1.82) is 0 Å². The van der Waals surface area contributed by atoms with Crippen molar-refractivity contribution in [2.45, 2.75) is 26.8 Å². The Labute approximate surface area is 115 Å². The van der Waals surface area contributed by atoms with Crippen LogP contribution < -0.4 is 4.90 Å². The summed E-state index contributed by atoms with van der Waals surface area (Å²) in [5, 5.41) is 0. The first-order valence-electron chi connectivity index (χ1n) is 6.59. The minimum absolute atomic E-state index is 0.190. The van der Waals surface area contributed by atoms with Crippen LogP contribution in [0.4, 0.5) is 10.1 Å². The molecule has 0 N–H and O–H groups in total. The highest BCUT2D eigenvalue weighted by Gasteiger charge is 2.21. The standard InChI is InChI=1S/C15H23FN2O/c1-6-18(11(2)10-17(4)5)14-9-7-8-13(16)15(14)12(3)19/h7-9,11H,6,10H2,1-5H3. The van der Waals surface area contributed by atoms with Crippen LogP contribution in [0.25, 0.3) is 0 Å². The van der Waals surface area contributed by atoms with Crippen LogP contribution in [0.5, 0.6) is 0 Å². The third kappa shape index (κ3) is 3.77. The van der Waals surface area contributed by atoms with E-state index in [1.165, 1.54) is 13.0 Å². The van der Waals surface area contributed by atoms with Crippen molar-refractivity contribution in [3.05, 3.63) is 29.6 Å². The van der Waals surface area contributed by atoms with Crippen LogP contribution >= 0.6 is 0 Å². The molecule has 1 aromatic rings. The molecule has 0 radical (unpaired) electrons. The fourth-order valence-corrected chi connectivity index (χ4v) is 2.45. The molecule has 3 nitrogen and oxygen atoms in total. The molecule has 106 valence electrons. The van der Waals surface area contributed by atoms with E-state index in [4.69, 9.17) is 0 Å². The molecule has 0 heterocycles. The van der Waals surface area contributed by atoms with Crippen molar-refractivity contribution in [2.75, 3.05) is 32.1 Å². The summed E-state index contributed by atoms with van der Waals surface area (Å²) in [4.78, 5) is 15.8. The minimum atomic E-state index is -0.444. The van der Waals surface area contributed by atoms with E-state index in [-0.39, 0.29) is 17.4 Å². The van der Waals surface area contributed by atoms with E-state index < -0.39 is 5.82 Å². The van der Waals surface area contributed by atoms with Gasteiger partial charge in [-0.05, 0) is 47.0 Å². The smallest absolute Gasteiger partial charge is 0.164 e. The number of benzene rings is 1. The quantitative estimate of drug-likeness (QED) is 0.740. The zero-order chi connectivity index (χ0) is 14.6. The molecule has 0 aliphatic carbocycles. The molecule has 0 spiro atoms. The summed E-state index contributed by atoms with van der Waals surface area (Å²) in [6.45, 7) is 7.09. The predicted octanol–water partition coefficient (Wildman–Crippen LogP) is 2.80. The van der Waals surface area contributed by atoms with E-state index in [9.17, 15) is 9.18 Å². The van der Waals surface area contributed by atoms with Gasteiger partial charge in [-0.1, -0.05) is 6.07 Å². The molecule has 1 aromatic carbocycles. The number of rotatable bonds is 6. The Morgan fingerprint density at radius 2 is 2.00 bits per heavy atom. The second kappa shape index (κ2) is 6.66. The van der Waals surface area contributed by atoms with Crippen molar-refractivity contribution >= 4 is 11.5 Å². The Bertz CT molecular complexity index is 446. The van der Waals surface area contributed by atoms with Crippen LogP contribution in [0.3, 0.4) is 0 Å². The Balaban J connectivity index is 3.18. The number of carbonyl (C=O) groups is 1. The third-order valence-electron chi connectivity index (χ3n) is 3.16. The Kier molecular flexibility index (Phi) is 5.48. The summed E-state index contributed by atoms with van der Waals surface area (Å²) in [7, 11) is 4.00. The summed E-state index contributed by atoms with van der Waals surface area (Å²) in [6.07, 6.45) is 0. The van der Waals surface area contributed by atoms with Gasteiger partial charge in [-0.2, -0.15) is 0 Å². The molecule has 4 heteroatoms. The van der Waals surface area contributed by atoms with Gasteiger partial charge in [0.25, 0.3) is 0 Å². The molecule has 0 aromatic heterocycles. The molecular weight excluding hydrogens is 243 g/mol. The van der Waals surface area contributed by atoms with Gasteiger partial charge in [0.1, 0.15) is 5.82 Å². The average molecular weight is 266 g/mol. The number of nitrogens with zero attached hydrogens (tertiary/aromatic N) is 2. The number of halogens is 1. The van der Waals surface area contributed by atoms with Crippen molar-refractivity contribution in [3.8, 4) is 0 Å². The molecule has 0 bridgehead atoms. The summed E-state index contributed by atoms with van der Waals surface area (Å²) in [6, 6.07) is 5.02. The molecule has 0 fully saturated rings. The largest absolute Gasteiger partial charge is 0.367 e. The zero-order valence-electron chi connectivity index (χ0n) is 12.4. The highest BCUT2D eigenvalue weighted by Crippen LogP contribution is 2.25. The van der Waals surface area contributed by atoms with Crippen molar-refractivity contribution in [1.82, 2.24) is 4.90 Å². The normalized spacial score (nSPS) is 12.6. The number of anilines is 1. The zero-order valence-corrected chi connectivity index (χ0v) is 12.4. The maximum Gasteiger partial charge on any atom is 0.164 e. The number of hydrogen-bond donors (Lipinski definition) is 0. The lowest BCUT2D eigenvalue weighted by atomic mass is 10.1. The Morgan fingerprint density at radius 3 is 2.47 bits per heavy atom. The molecule has 1 unspecified atom stereocenters. The van der Waals surface area contributed by atoms with Gasteiger partial charge in [-0.15, -0.1) is 0 Å². The van der Waals surface area contributed by atoms with E-state index in [0.717, 1.165) is 13.1 Å². The van der Waals surface area contributed by atoms with Gasteiger partial charge in [-0.25, -0.2) is 4.39 Å². The number of Topliss-reactive ketones (excluding diaryl/α,β-unsaturated/α-hetero) is 1. The van der Waals surface area contributed by atoms with Crippen LogP contribution in [0.15, 0.2) is 18.2 Å². The highest BCUT2D eigenvalue weighted by molar-refractivity contribution is 6.00. The molecule has 0 saturated heterocycles. The fraction of sp³-hybridized carbons (Fsp3) is 0.533. The van der Waals surface area contributed by atoms with Gasteiger partial charge in [0.05, 0.1) is 11.3 Å². The lowest BCUT2D eigenvalue weighted by Crippen LogP contribution is -2.40. The van der Waals surface area contributed by atoms with Crippen LogP contribution in [0, 0.1) is 5.82 Å². The molecule has 1 atom stereocenters. The lowest BCUT2D eigenvalue weighted by Gasteiger charge is -2.33. The summed E-state index contributed by atoms with van der Waals surface area (Å²) >= 11 is 0. The van der Waals surface area contributed by atoms with Crippen molar-refractivity contribution in [2.24, 2.45) is 0 Å². The molecule has 19 heavy (non-hydrogen) atoms. The van der Waals surface area contributed by atoms with Crippen molar-refractivity contribution < 1.29 is 9.18 Å². The van der Waals surface area contributed by atoms with Crippen LogP contribution in [0.1, 0.15) is 31.1 Å². The monoisotopic (exact) mass is 266 g/mol. The molecule has 0 amide bonds. The number of hydrogen-bond acceptors (Lipinski definition) is 3. The molecule has 0 aliphatic heterocycles. The van der Waals surface area contributed by atoms with Gasteiger partial charge in [0, 0.05) is 19.1 Å². The average Bonchev–Trinajstić information content (AvgIpc) is 2.28. The number of likely N-dealkylation sites (N-methyl/N-ethyl adjacent to an activating group) is 2. The van der Waals surface area contributed by atoms with E-state index in [2.05, 4.69) is 16.7 Å². The van der Waals surface area contributed by atoms with E-state index in [1.807, 2.05) is 27.1 Å². The molecule has 0 aliphatic rings. The number of ketones is 1. The molecular formula is C15H23FN2O. The summed E-state index contributed by atoms with van der Waals surface area (Å²) in [5.41, 5.74) is 0.874. The van der Waals surface area contributed by atoms with Crippen LogP contribution in [-0.2, 0) is 0 Å². The SMILES string of the molecule is CCN(c1cccc(F)c1C(C)=O)C(C)CN(C)C. The van der Waals surface area contributed by atoms with Gasteiger partial charge in [0.15, 0.2) is 5.78 Å². The van der Waals surface area contributed by atoms with E-state index in [1.54, 1.807) is 6.07 Å². The maximum atomic E-state index is 13.9. The topological polar surface area (TPSA) is 23.6 Å². The first-order chi connectivity index (χ1) is 8.88. The second-order valence-corrected chi connectivity index (χ2v) is 5.09. The van der Waals surface area contributed by atoms with Crippen LogP contribution in [0.2, 0.25) is 0 Å². The van der Waals surface area contributed by atoms with Crippen molar-refractivity contribution in [3.63, 3.8) is 0 Å². The highest BCUT2D eigenvalue weighted by atomic mass is 19.1. The Hall–Kier alpha value is -1.42. The lowest BCUT2D eigenvalue weighted by molar-refractivity contribution is 0.101. The summed E-state index contributed by atoms with van der Waals surface area (Å²) in [5.74, 6) is -0.677. The van der Waals surface area contributed by atoms with E-state index in [0.29, 0.717) is 5.69 Å². The predicted molar refractivity (Wildman–Crippen MR) is 77.4 cm³/mol. The first-order valence-corrected chi connectivity index (χ1v) is 6.59. The second-order valence-electron chi connectivity index (χ2n) is 5.09. The van der Waals surface area contributed by atoms with Gasteiger partial charge in [0.2, 0.25) is 0 Å². The van der Waals surface area contributed by atoms with Gasteiger partial charge >= 0.3 is 0 Å². The first kappa shape index (κ1) is 15.6. The number of carbonyl (C=O) groups excluding carboxylic acids is 1.